The third kappa shape index (κ3) is 2.98. The van der Waals surface area contributed by atoms with Crippen molar-refractivity contribution in [2.75, 3.05) is 14.1 Å². The van der Waals surface area contributed by atoms with Gasteiger partial charge >= 0.3 is 0 Å². The molecule has 14 heavy (non-hydrogen) atoms. The number of hydrogen-bond acceptors (Lipinski definition) is 2. The standard InChI is InChI=1S/C12H18N2/c1-4-12(13)11-7-5-10(6-8-11)9-14(2)3/h4-8,12H,1,9,13H2,2-3H3. The first-order valence-electron chi connectivity index (χ1n) is 4.75. The number of hydrogen-bond donors (Lipinski definition) is 1. The molecule has 0 bridgehead atoms. The third-order valence-corrected chi connectivity index (χ3v) is 2.12. The molecule has 2 N–H and O–H groups in total. The summed E-state index contributed by atoms with van der Waals surface area (Å²) in [6, 6.07) is 8.29. The number of nitrogens with two attached hydrogens (primary N) is 1. The van der Waals surface area contributed by atoms with Crippen LogP contribution in [0.3, 0.4) is 0 Å². The molecule has 0 amide bonds. The van der Waals surface area contributed by atoms with E-state index in [1.54, 1.807) is 6.08 Å². The van der Waals surface area contributed by atoms with Crippen LogP contribution in [0.2, 0.25) is 0 Å². The Morgan fingerprint density at radius 1 is 1.36 bits per heavy atom. The average molecular weight is 190 g/mol. The van der Waals surface area contributed by atoms with Crippen LogP contribution in [0.1, 0.15) is 17.2 Å². The molecule has 0 heterocycles. The topological polar surface area (TPSA) is 29.3 Å². The smallest absolute Gasteiger partial charge is 0.0478 e. The second kappa shape index (κ2) is 4.94. The van der Waals surface area contributed by atoms with E-state index in [0.29, 0.717) is 0 Å². The molecule has 0 saturated heterocycles. The summed E-state index contributed by atoms with van der Waals surface area (Å²) in [5.41, 5.74) is 8.23. The van der Waals surface area contributed by atoms with E-state index in [0.717, 1.165) is 12.1 Å². The Kier molecular flexibility index (Phi) is 3.86. The zero-order valence-electron chi connectivity index (χ0n) is 8.90. The second-order valence-electron chi connectivity index (χ2n) is 3.74. The Hall–Kier alpha value is -1.12. The molecular formula is C12H18N2. The SMILES string of the molecule is C=CC(N)c1ccc(CN(C)C)cc1. The summed E-state index contributed by atoms with van der Waals surface area (Å²) in [5.74, 6) is 0. The molecule has 0 aromatic heterocycles. The van der Waals surface area contributed by atoms with Gasteiger partial charge in [-0.3, -0.25) is 0 Å². The Morgan fingerprint density at radius 3 is 2.36 bits per heavy atom. The number of rotatable bonds is 4. The molecule has 0 aliphatic carbocycles. The van der Waals surface area contributed by atoms with Crippen LogP contribution in [0.5, 0.6) is 0 Å². The van der Waals surface area contributed by atoms with Crippen LogP contribution in [0.15, 0.2) is 36.9 Å². The summed E-state index contributed by atoms with van der Waals surface area (Å²) in [7, 11) is 4.12. The van der Waals surface area contributed by atoms with Crippen LogP contribution >= 0.6 is 0 Å². The molecule has 0 fully saturated rings. The largest absolute Gasteiger partial charge is 0.321 e. The molecule has 1 aromatic carbocycles. The highest BCUT2D eigenvalue weighted by Crippen LogP contribution is 2.12. The second-order valence-corrected chi connectivity index (χ2v) is 3.74. The summed E-state index contributed by atoms with van der Waals surface area (Å²) in [6.07, 6.45) is 1.75. The molecule has 0 saturated carbocycles. The van der Waals surface area contributed by atoms with E-state index >= 15 is 0 Å². The van der Waals surface area contributed by atoms with Gasteiger partial charge in [-0.15, -0.1) is 6.58 Å². The van der Waals surface area contributed by atoms with Gasteiger partial charge in [-0.05, 0) is 25.2 Å². The Balaban J connectivity index is 2.73. The highest BCUT2D eigenvalue weighted by molar-refractivity contribution is 5.26. The zero-order valence-corrected chi connectivity index (χ0v) is 8.90. The van der Waals surface area contributed by atoms with Crippen molar-refractivity contribution in [3.05, 3.63) is 48.0 Å². The fourth-order valence-corrected chi connectivity index (χ4v) is 1.35. The number of nitrogens with zero attached hydrogens (tertiary/aromatic N) is 1. The van der Waals surface area contributed by atoms with Crippen molar-refractivity contribution in [1.82, 2.24) is 4.90 Å². The van der Waals surface area contributed by atoms with E-state index in [4.69, 9.17) is 5.73 Å². The lowest BCUT2D eigenvalue weighted by molar-refractivity contribution is 0.402. The maximum absolute atomic E-state index is 5.82. The Labute approximate surface area is 86.0 Å². The normalized spacial score (nSPS) is 12.9. The van der Waals surface area contributed by atoms with E-state index in [1.807, 2.05) is 0 Å². The van der Waals surface area contributed by atoms with Crippen LogP contribution in [-0.2, 0) is 6.54 Å². The van der Waals surface area contributed by atoms with E-state index in [2.05, 4.69) is 49.8 Å². The van der Waals surface area contributed by atoms with Gasteiger partial charge in [-0.2, -0.15) is 0 Å². The van der Waals surface area contributed by atoms with Crippen molar-refractivity contribution in [2.24, 2.45) is 5.73 Å². The molecule has 76 valence electrons. The molecule has 0 radical (unpaired) electrons. The van der Waals surface area contributed by atoms with Crippen molar-refractivity contribution in [2.45, 2.75) is 12.6 Å². The summed E-state index contributed by atoms with van der Waals surface area (Å²) >= 11 is 0. The minimum Gasteiger partial charge on any atom is -0.321 e. The minimum atomic E-state index is -0.0524. The van der Waals surface area contributed by atoms with Gasteiger partial charge in [0.15, 0.2) is 0 Å². The van der Waals surface area contributed by atoms with Crippen LogP contribution in [-0.4, -0.2) is 19.0 Å². The van der Waals surface area contributed by atoms with Gasteiger partial charge in [0, 0.05) is 12.6 Å². The number of benzene rings is 1. The minimum absolute atomic E-state index is 0.0524. The van der Waals surface area contributed by atoms with Crippen molar-refractivity contribution in [1.29, 1.82) is 0 Å². The van der Waals surface area contributed by atoms with Crippen molar-refractivity contribution in [3.63, 3.8) is 0 Å². The molecule has 0 aliphatic heterocycles. The lowest BCUT2D eigenvalue weighted by Gasteiger charge is -2.11. The molecule has 2 nitrogen and oxygen atoms in total. The van der Waals surface area contributed by atoms with Gasteiger partial charge in [0.2, 0.25) is 0 Å². The maximum atomic E-state index is 5.82. The molecular weight excluding hydrogens is 172 g/mol. The van der Waals surface area contributed by atoms with E-state index < -0.39 is 0 Å². The van der Waals surface area contributed by atoms with Crippen LogP contribution in [0, 0.1) is 0 Å². The Bertz CT molecular complexity index is 288. The molecule has 1 rings (SSSR count). The predicted octanol–water partition coefficient (Wildman–Crippen LogP) is 1.93. The van der Waals surface area contributed by atoms with E-state index in [-0.39, 0.29) is 6.04 Å². The first kappa shape index (κ1) is 11.0. The highest BCUT2D eigenvalue weighted by atomic mass is 15.0. The van der Waals surface area contributed by atoms with Gasteiger partial charge in [-0.1, -0.05) is 30.3 Å². The van der Waals surface area contributed by atoms with Crippen molar-refractivity contribution < 1.29 is 0 Å². The monoisotopic (exact) mass is 190 g/mol. The molecule has 1 atom stereocenters. The molecule has 1 unspecified atom stereocenters. The van der Waals surface area contributed by atoms with Gasteiger partial charge in [-0.25, -0.2) is 0 Å². The van der Waals surface area contributed by atoms with E-state index in [9.17, 15) is 0 Å². The van der Waals surface area contributed by atoms with Crippen LogP contribution < -0.4 is 5.73 Å². The first-order chi connectivity index (χ1) is 6.63. The summed E-state index contributed by atoms with van der Waals surface area (Å²) in [6.45, 7) is 4.64. The molecule has 0 aliphatic rings. The summed E-state index contributed by atoms with van der Waals surface area (Å²) in [5, 5.41) is 0. The fourth-order valence-electron chi connectivity index (χ4n) is 1.35. The molecule has 2 heteroatoms. The zero-order chi connectivity index (χ0) is 10.6. The van der Waals surface area contributed by atoms with Gasteiger partial charge in [0.25, 0.3) is 0 Å². The molecule has 0 spiro atoms. The fraction of sp³-hybridized carbons (Fsp3) is 0.333. The lowest BCUT2D eigenvalue weighted by atomic mass is 10.1. The van der Waals surface area contributed by atoms with Crippen molar-refractivity contribution >= 4 is 0 Å². The maximum Gasteiger partial charge on any atom is 0.0478 e. The quantitative estimate of drug-likeness (QED) is 0.735. The van der Waals surface area contributed by atoms with Gasteiger partial charge in [0.1, 0.15) is 0 Å². The van der Waals surface area contributed by atoms with Crippen LogP contribution in [0.4, 0.5) is 0 Å². The summed E-state index contributed by atoms with van der Waals surface area (Å²) in [4.78, 5) is 2.14. The van der Waals surface area contributed by atoms with Gasteiger partial charge < -0.3 is 10.6 Å². The van der Waals surface area contributed by atoms with Crippen molar-refractivity contribution in [3.8, 4) is 0 Å². The average Bonchev–Trinajstić information content (AvgIpc) is 2.17. The lowest BCUT2D eigenvalue weighted by Crippen LogP contribution is -2.11. The first-order valence-corrected chi connectivity index (χ1v) is 4.75. The Morgan fingerprint density at radius 2 is 1.93 bits per heavy atom. The van der Waals surface area contributed by atoms with Gasteiger partial charge in [0.05, 0.1) is 0 Å². The van der Waals surface area contributed by atoms with Crippen LogP contribution in [0.25, 0.3) is 0 Å². The highest BCUT2D eigenvalue weighted by Gasteiger charge is 2.00. The molecule has 1 aromatic rings. The third-order valence-electron chi connectivity index (χ3n) is 2.12. The van der Waals surface area contributed by atoms with E-state index in [1.165, 1.54) is 5.56 Å². The predicted molar refractivity (Wildman–Crippen MR) is 61.0 cm³/mol. The summed E-state index contributed by atoms with van der Waals surface area (Å²) < 4.78 is 0.